The second-order valence-electron chi connectivity index (χ2n) is 12.1. The number of aromatic nitrogens is 2. The van der Waals surface area contributed by atoms with Gasteiger partial charge in [0.05, 0.1) is 16.9 Å². The highest BCUT2D eigenvalue weighted by Gasteiger charge is 2.44. The molecule has 1 aliphatic heterocycles. The molecule has 0 saturated carbocycles. The van der Waals surface area contributed by atoms with Crippen molar-refractivity contribution in [3.63, 3.8) is 0 Å². The number of carbonyl (C=O) groups is 2. The predicted molar refractivity (Wildman–Crippen MR) is 162 cm³/mol. The van der Waals surface area contributed by atoms with E-state index in [9.17, 15) is 31.5 Å². The Morgan fingerprint density at radius 3 is 2.42 bits per heavy atom. The fourth-order valence-corrected chi connectivity index (χ4v) is 5.45. The Morgan fingerprint density at radius 1 is 1.00 bits per heavy atom. The zero-order valence-electron chi connectivity index (χ0n) is 28.7. The third-order valence-electron chi connectivity index (χ3n) is 7.44. The third kappa shape index (κ3) is 6.64. The van der Waals surface area contributed by atoms with Gasteiger partial charge in [-0.2, -0.15) is 18.3 Å². The minimum atomic E-state index is -4.84. The molecule has 0 bridgehead atoms. The van der Waals surface area contributed by atoms with E-state index >= 15 is 0 Å². The summed E-state index contributed by atoms with van der Waals surface area (Å²) in [4.78, 5) is 26.6. The van der Waals surface area contributed by atoms with Crippen LogP contribution in [0, 0.1) is 0 Å². The molecule has 48 heavy (non-hydrogen) atoms. The summed E-state index contributed by atoms with van der Waals surface area (Å²) < 4.78 is 116. The number of anilines is 1. The van der Waals surface area contributed by atoms with E-state index in [-0.39, 0.29) is 51.7 Å². The summed E-state index contributed by atoms with van der Waals surface area (Å²) in [7, 11) is 0. The van der Waals surface area contributed by atoms with Gasteiger partial charge in [0.15, 0.2) is 17.2 Å². The molecule has 1 amide bonds. The average Bonchev–Trinajstić information content (AvgIpc) is 3.57. The molecule has 4 aromatic rings. The van der Waals surface area contributed by atoms with Crippen molar-refractivity contribution >= 4 is 17.6 Å². The van der Waals surface area contributed by atoms with Crippen LogP contribution in [0.2, 0.25) is 0 Å². The number of rotatable bonds is 6. The first-order valence-electron chi connectivity index (χ1n) is 16.2. The van der Waals surface area contributed by atoms with Crippen molar-refractivity contribution < 1.29 is 54.6 Å². The Morgan fingerprint density at radius 2 is 1.73 bits per heavy atom. The number of esters is 1. The number of ether oxygens (including phenoxy) is 4. The van der Waals surface area contributed by atoms with Crippen LogP contribution >= 0.6 is 0 Å². The quantitative estimate of drug-likeness (QED) is 0.152. The van der Waals surface area contributed by atoms with Crippen LogP contribution in [0.25, 0.3) is 5.69 Å². The van der Waals surface area contributed by atoms with E-state index in [1.807, 2.05) is 0 Å². The molecule has 1 atom stereocenters. The van der Waals surface area contributed by atoms with Crippen LogP contribution in [0.3, 0.4) is 0 Å². The van der Waals surface area contributed by atoms with Crippen LogP contribution in [0.5, 0.6) is 17.2 Å². The molecule has 14 heteroatoms. The summed E-state index contributed by atoms with van der Waals surface area (Å²) in [5.41, 5.74) is -2.21. The van der Waals surface area contributed by atoms with Crippen LogP contribution in [0.4, 0.5) is 27.6 Å². The highest BCUT2D eigenvalue weighted by molar-refractivity contribution is 6.06. The number of hydrogen-bond donors (Lipinski definition) is 0. The predicted octanol–water partition coefficient (Wildman–Crippen LogP) is 7.90. The first kappa shape index (κ1) is 29.0. The summed E-state index contributed by atoms with van der Waals surface area (Å²) in [6, 6.07) is 14.1. The first-order chi connectivity index (χ1) is 23.7. The second-order valence-corrected chi connectivity index (χ2v) is 12.1. The fraction of sp³-hybridized carbons (Fsp3) is 0.324. The molecular weight excluding hydrogens is 641 g/mol. The number of amides is 1. The van der Waals surface area contributed by atoms with Gasteiger partial charge in [0.2, 0.25) is 0 Å². The van der Waals surface area contributed by atoms with Gasteiger partial charge in [0.25, 0.3) is 5.91 Å². The van der Waals surface area contributed by atoms with Gasteiger partial charge in [-0.05, 0) is 94.6 Å². The first-order valence-corrected chi connectivity index (χ1v) is 14.7. The lowest BCUT2D eigenvalue weighted by Gasteiger charge is -2.26. The molecule has 3 aromatic carbocycles. The average molecular weight is 675 g/mol. The molecule has 0 spiro atoms. The Balaban J connectivity index is 1.35. The van der Waals surface area contributed by atoms with Crippen LogP contribution in [-0.2, 0) is 17.3 Å². The van der Waals surface area contributed by atoms with Crippen molar-refractivity contribution in [1.29, 1.82) is 0 Å². The van der Waals surface area contributed by atoms with Gasteiger partial charge in [0, 0.05) is 34.0 Å². The number of carbonyl (C=O) groups excluding carboxylic acids is 2. The van der Waals surface area contributed by atoms with Gasteiger partial charge >= 0.3 is 18.4 Å². The minimum absolute atomic E-state index is 0.000746. The van der Waals surface area contributed by atoms with Crippen molar-refractivity contribution in [2.45, 2.75) is 64.2 Å². The molecule has 252 valence electrons. The van der Waals surface area contributed by atoms with E-state index in [0.29, 0.717) is 17.7 Å². The van der Waals surface area contributed by atoms with Crippen LogP contribution < -0.4 is 19.1 Å². The summed E-state index contributed by atoms with van der Waals surface area (Å²) in [6.45, 7) is 2.04. The summed E-state index contributed by atoms with van der Waals surface area (Å²) in [6.07, 6.45) is -9.08. The lowest BCUT2D eigenvalue weighted by atomic mass is 9.92. The lowest BCUT2D eigenvalue weighted by molar-refractivity contribution is -0.286. The van der Waals surface area contributed by atoms with Crippen LogP contribution in [0.15, 0.2) is 66.7 Å². The maximum absolute atomic E-state index is 14.3. The normalized spacial score (nSPS) is 17.8. The molecule has 0 fully saturated rings. The van der Waals surface area contributed by atoms with Gasteiger partial charge in [-0.1, -0.05) is 6.07 Å². The van der Waals surface area contributed by atoms with Crippen LogP contribution in [-0.4, -0.2) is 40.5 Å². The molecule has 2 aliphatic rings. The minimum Gasteiger partial charge on any atom is -0.484 e. The molecular formula is C34H30F5N3O6. The Labute approximate surface area is 276 Å². The van der Waals surface area contributed by atoms with Gasteiger partial charge in [0.1, 0.15) is 17.5 Å². The van der Waals surface area contributed by atoms with Crippen molar-refractivity contribution in [3.8, 4) is 22.9 Å². The Kier molecular flexibility index (Phi) is 7.16. The smallest absolute Gasteiger partial charge is 0.484 e. The maximum atomic E-state index is 14.3. The monoisotopic (exact) mass is 674 g/mol. The fourth-order valence-electron chi connectivity index (χ4n) is 5.45. The number of nitrogens with zero attached hydrogens (tertiary/aromatic N) is 3. The Bertz CT molecular complexity index is 1990. The van der Waals surface area contributed by atoms with E-state index in [1.54, 1.807) is 20.8 Å². The van der Waals surface area contributed by atoms with Gasteiger partial charge in [-0.3, -0.25) is 4.79 Å². The van der Waals surface area contributed by atoms with Crippen molar-refractivity contribution in [2.75, 3.05) is 11.9 Å². The molecule has 6 rings (SSSR count). The highest BCUT2D eigenvalue weighted by Crippen LogP contribution is 2.44. The zero-order chi connectivity index (χ0) is 37.1. The Hall–Kier alpha value is -5.14. The molecule has 0 radical (unpaired) electrons. The molecule has 1 aliphatic carbocycles. The van der Waals surface area contributed by atoms with E-state index in [2.05, 4.69) is 14.6 Å². The third-order valence-corrected chi connectivity index (χ3v) is 7.44. The van der Waals surface area contributed by atoms with E-state index in [0.717, 1.165) is 22.9 Å². The number of fused-ring (bicyclic) bond motifs is 2. The molecule has 1 aromatic heterocycles. The van der Waals surface area contributed by atoms with Crippen molar-refractivity contribution in [3.05, 3.63) is 94.8 Å². The molecule has 9 nitrogen and oxygen atoms in total. The zero-order valence-corrected chi connectivity index (χ0v) is 25.7. The van der Waals surface area contributed by atoms with E-state index in [4.69, 9.17) is 13.6 Å². The molecule has 2 heterocycles. The summed E-state index contributed by atoms with van der Waals surface area (Å²) in [5.74, 6) is -2.28. The van der Waals surface area contributed by atoms with Crippen LogP contribution in [0.1, 0.15) is 81.5 Å². The number of halogens is 5. The number of alkyl halides is 5. The maximum Gasteiger partial charge on any atom is 0.586 e. The molecule has 1 unspecified atom stereocenters. The standard InChI is InChI=1S/C34H30F5N3O6/c1-32(2,3)48-31(44)19-11-14-23(15-12-19)45-26-10-6-9-24-28(26)42(40-29(24)33(35,36)37)22-8-5-7-20(17-22)30(43)41(4)21-13-16-25-27(18-21)47-34(38,39)46-25/h5,7-8,11-18,26H,6,9-10H2,1-4H3/i4D3. The number of hydrogen-bond acceptors (Lipinski definition) is 7. The molecule has 0 saturated heterocycles. The largest absolute Gasteiger partial charge is 0.586 e. The van der Waals surface area contributed by atoms with Gasteiger partial charge < -0.3 is 23.8 Å². The second kappa shape index (κ2) is 11.8. The van der Waals surface area contributed by atoms with E-state index in [1.165, 1.54) is 48.5 Å². The summed E-state index contributed by atoms with van der Waals surface area (Å²) >= 11 is 0. The SMILES string of the molecule is [2H]C([2H])([2H])N(C(=O)c1cccc(-n2nc(C(F)(F)F)c3c2C(Oc2ccc(C(=O)OC(C)(C)C)cc2)CCC3)c1)c1ccc2c(c1)OC(F)(F)O2. The lowest BCUT2D eigenvalue weighted by Crippen LogP contribution is -2.26. The van der Waals surface area contributed by atoms with E-state index < -0.39 is 54.5 Å². The summed E-state index contributed by atoms with van der Waals surface area (Å²) in [5, 5.41) is 3.91. The van der Waals surface area contributed by atoms with Gasteiger partial charge in [-0.15, -0.1) is 8.78 Å². The molecule has 0 N–H and O–H groups in total. The van der Waals surface area contributed by atoms with Gasteiger partial charge in [-0.25, -0.2) is 9.48 Å². The highest BCUT2D eigenvalue weighted by atomic mass is 19.4. The van der Waals surface area contributed by atoms with Crippen molar-refractivity contribution in [1.82, 2.24) is 9.78 Å². The van der Waals surface area contributed by atoms with Crippen molar-refractivity contribution in [2.24, 2.45) is 0 Å². The number of benzene rings is 3. The topological polar surface area (TPSA) is 92.1 Å².